The minimum Gasteiger partial charge on any atom is -0.457 e. The molecule has 1 heterocycles. The zero-order chi connectivity index (χ0) is 21.3. The molecule has 3 aromatic carbocycles. The average molecular weight is 444 g/mol. The van der Waals surface area contributed by atoms with Gasteiger partial charge in [0, 0.05) is 10.9 Å². The van der Waals surface area contributed by atoms with Gasteiger partial charge in [-0.05, 0) is 42.5 Å². The lowest BCUT2D eigenvalue weighted by molar-refractivity contribution is 0.479. The van der Waals surface area contributed by atoms with Gasteiger partial charge >= 0.3 is 0 Å². The Morgan fingerprint density at radius 1 is 1.00 bits per heavy atom. The first-order chi connectivity index (χ1) is 14.4. The molecule has 0 aliphatic carbocycles. The van der Waals surface area contributed by atoms with Crippen LogP contribution in [0.4, 0.5) is 4.39 Å². The van der Waals surface area contributed by atoms with Crippen molar-refractivity contribution in [3.8, 4) is 22.8 Å². The summed E-state index contributed by atoms with van der Waals surface area (Å²) in [5, 5.41) is 1.03. The molecule has 9 heteroatoms. The van der Waals surface area contributed by atoms with Gasteiger partial charge in [0.2, 0.25) is 0 Å². The molecule has 0 aliphatic rings. The first-order valence-corrected chi connectivity index (χ1v) is 10.8. The second-order valence-electron chi connectivity index (χ2n) is 6.36. The Hall–Kier alpha value is -3.07. The maximum absolute atomic E-state index is 14.6. The molecule has 0 spiro atoms. The smallest absolute Gasteiger partial charge is 0.191 e. The molecule has 4 aromatic rings. The van der Waals surface area contributed by atoms with Gasteiger partial charge in [-0.3, -0.25) is 0 Å². The van der Waals surface area contributed by atoms with Gasteiger partial charge in [0.05, 0.1) is 21.1 Å². The fourth-order valence-electron chi connectivity index (χ4n) is 2.98. The fourth-order valence-corrected chi connectivity index (χ4v) is 3.98. The van der Waals surface area contributed by atoms with Crippen LogP contribution in [0.2, 0.25) is 5.02 Å². The molecule has 2 N–H and O–H groups in total. The third kappa shape index (κ3) is 3.85. The van der Waals surface area contributed by atoms with Gasteiger partial charge in [0.1, 0.15) is 29.5 Å². The molecule has 0 saturated heterocycles. The summed E-state index contributed by atoms with van der Waals surface area (Å²) in [5.41, 5.74) is 6.38. The van der Waals surface area contributed by atoms with Gasteiger partial charge < -0.3 is 10.5 Å². The fraction of sp³-hybridized carbons (Fsp3) is 0.0476. The van der Waals surface area contributed by atoms with Crippen LogP contribution >= 0.6 is 11.6 Å². The molecule has 0 radical (unpaired) electrons. The van der Waals surface area contributed by atoms with E-state index in [1.54, 1.807) is 30.3 Å². The summed E-state index contributed by atoms with van der Waals surface area (Å²) >= 11 is 6.19. The molecule has 0 aliphatic heterocycles. The summed E-state index contributed by atoms with van der Waals surface area (Å²) in [7, 11) is -3.59. The number of rotatable bonds is 5. The van der Waals surface area contributed by atoms with Crippen molar-refractivity contribution < 1.29 is 17.5 Å². The number of hydrogen-bond acceptors (Lipinski definition) is 6. The molecule has 4 rings (SSSR count). The molecule has 1 aromatic heterocycles. The highest BCUT2D eigenvalue weighted by Crippen LogP contribution is 2.34. The summed E-state index contributed by atoms with van der Waals surface area (Å²) in [6.07, 6.45) is 1.32. The third-order valence-corrected chi connectivity index (χ3v) is 6.14. The van der Waals surface area contributed by atoms with Crippen molar-refractivity contribution in [3.05, 3.63) is 77.8 Å². The highest BCUT2D eigenvalue weighted by molar-refractivity contribution is 7.91. The van der Waals surface area contributed by atoms with E-state index in [2.05, 4.69) is 9.97 Å². The molecular weight excluding hydrogens is 429 g/mol. The molecule has 0 fully saturated rings. The molecule has 0 amide bonds. The number of ether oxygens (including phenoxy) is 1. The lowest BCUT2D eigenvalue weighted by Gasteiger charge is -2.11. The maximum Gasteiger partial charge on any atom is 0.191 e. The van der Waals surface area contributed by atoms with Crippen LogP contribution in [0.3, 0.4) is 0 Å². The van der Waals surface area contributed by atoms with Gasteiger partial charge in [-0.2, -0.15) is 0 Å². The van der Waals surface area contributed by atoms with Crippen LogP contribution in [0.15, 0.2) is 71.9 Å². The minimum atomic E-state index is -3.59. The number of hydrogen-bond donors (Lipinski definition) is 1. The van der Waals surface area contributed by atoms with Crippen molar-refractivity contribution in [1.82, 2.24) is 9.97 Å². The van der Waals surface area contributed by atoms with Gasteiger partial charge in [-0.25, -0.2) is 22.8 Å². The zero-order valence-corrected chi connectivity index (χ0v) is 17.0. The molecular formula is C21H15ClFN3O3S. The Balaban J connectivity index is 1.76. The molecule has 0 bridgehead atoms. The van der Waals surface area contributed by atoms with Crippen molar-refractivity contribution in [2.45, 2.75) is 4.90 Å². The summed E-state index contributed by atoms with van der Waals surface area (Å²) in [5.74, 6) is -0.428. The predicted octanol–water partition coefficient (Wildman–Crippen LogP) is 4.57. The van der Waals surface area contributed by atoms with Gasteiger partial charge in [-0.1, -0.05) is 29.8 Å². The molecule has 30 heavy (non-hydrogen) atoms. The lowest BCUT2D eigenvalue weighted by atomic mass is 10.1. The van der Waals surface area contributed by atoms with Crippen LogP contribution in [0, 0.1) is 5.82 Å². The van der Waals surface area contributed by atoms with Crippen LogP contribution in [0.1, 0.15) is 0 Å². The minimum absolute atomic E-state index is 0.0428. The first-order valence-electron chi connectivity index (χ1n) is 8.79. The largest absolute Gasteiger partial charge is 0.457 e. The average Bonchev–Trinajstić information content (AvgIpc) is 2.75. The molecule has 0 unspecified atom stereocenters. The Morgan fingerprint density at radius 2 is 1.77 bits per heavy atom. The molecule has 152 valence electrons. The first kappa shape index (κ1) is 20.2. The maximum atomic E-state index is 14.6. The van der Waals surface area contributed by atoms with Gasteiger partial charge in [0.25, 0.3) is 0 Å². The van der Waals surface area contributed by atoms with Crippen molar-refractivity contribution in [1.29, 1.82) is 0 Å². The Labute approximate surface area is 177 Å². The van der Waals surface area contributed by atoms with Crippen LogP contribution in [0.25, 0.3) is 22.2 Å². The number of aromatic nitrogens is 2. The second kappa shape index (κ2) is 7.98. The highest BCUT2D eigenvalue weighted by atomic mass is 35.5. The Bertz CT molecular complexity index is 1360. The van der Waals surface area contributed by atoms with E-state index >= 15 is 0 Å². The van der Waals surface area contributed by atoms with Gasteiger partial charge in [0.15, 0.2) is 9.84 Å². The Kier molecular flexibility index (Phi) is 5.38. The number of sulfone groups is 1. The topological polar surface area (TPSA) is 95.2 Å². The lowest BCUT2D eigenvalue weighted by Crippen LogP contribution is -2.14. The van der Waals surface area contributed by atoms with E-state index in [4.69, 9.17) is 22.1 Å². The zero-order valence-electron chi connectivity index (χ0n) is 15.4. The molecule has 6 nitrogen and oxygen atoms in total. The third-order valence-electron chi connectivity index (χ3n) is 4.43. The van der Waals surface area contributed by atoms with E-state index in [-0.39, 0.29) is 16.2 Å². The quantitative estimate of drug-likeness (QED) is 0.485. The standard InChI is InChI=1S/C21H15ClFN3O3S/c22-18-6-2-5-16-20(25-12-26-21(16)18)17-10-14(7-8-19(17)23)29-13-3-1-4-15(9-13)30(27,28)11-24/h1-10,12H,11,24H2. The summed E-state index contributed by atoms with van der Waals surface area (Å²) in [6.45, 7) is 0. The van der Waals surface area contributed by atoms with Crippen molar-refractivity contribution in [3.63, 3.8) is 0 Å². The molecule has 0 atom stereocenters. The second-order valence-corrected chi connectivity index (χ2v) is 8.80. The van der Waals surface area contributed by atoms with Crippen LogP contribution in [0.5, 0.6) is 11.5 Å². The number of halogens is 2. The SMILES string of the molecule is NCS(=O)(=O)c1cccc(Oc2ccc(F)c(-c3ncnc4c(Cl)cccc34)c2)c1. The normalized spacial score (nSPS) is 11.6. The van der Waals surface area contributed by atoms with E-state index in [0.717, 1.165) is 0 Å². The number of nitrogens with zero attached hydrogens (tertiary/aromatic N) is 2. The highest BCUT2D eigenvalue weighted by Gasteiger charge is 2.15. The van der Waals surface area contributed by atoms with Crippen LogP contribution in [-0.2, 0) is 9.84 Å². The van der Waals surface area contributed by atoms with E-state index in [1.165, 1.54) is 36.7 Å². The monoisotopic (exact) mass is 443 g/mol. The predicted molar refractivity (Wildman–Crippen MR) is 113 cm³/mol. The number of nitrogens with two attached hydrogens (primary N) is 1. The van der Waals surface area contributed by atoms with Crippen molar-refractivity contribution >= 4 is 32.3 Å². The number of fused-ring (bicyclic) bond motifs is 1. The van der Waals surface area contributed by atoms with E-state index in [9.17, 15) is 12.8 Å². The summed E-state index contributed by atoms with van der Waals surface area (Å²) in [6, 6.07) is 15.3. The Morgan fingerprint density at radius 3 is 2.57 bits per heavy atom. The van der Waals surface area contributed by atoms with Crippen molar-refractivity contribution in [2.75, 3.05) is 5.88 Å². The van der Waals surface area contributed by atoms with Crippen molar-refractivity contribution in [2.24, 2.45) is 5.73 Å². The number of benzene rings is 3. The van der Waals surface area contributed by atoms with E-state index < -0.39 is 21.5 Å². The number of para-hydroxylation sites is 1. The van der Waals surface area contributed by atoms with Gasteiger partial charge in [-0.15, -0.1) is 0 Å². The molecule has 0 saturated carbocycles. The van der Waals surface area contributed by atoms with E-state index in [0.29, 0.717) is 27.4 Å². The van der Waals surface area contributed by atoms with Crippen LogP contribution < -0.4 is 10.5 Å². The summed E-state index contributed by atoms with van der Waals surface area (Å²) in [4.78, 5) is 8.43. The van der Waals surface area contributed by atoms with Crippen LogP contribution in [-0.4, -0.2) is 24.3 Å². The summed E-state index contributed by atoms with van der Waals surface area (Å²) < 4.78 is 44.4. The van der Waals surface area contributed by atoms with E-state index in [1.807, 2.05) is 0 Å².